The molecule has 3 rings (SSSR count). The summed E-state index contributed by atoms with van der Waals surface area (Å²) in [5, 5.41) is 7.00. The number of nitrogens with zero attached hydrogens (tertiary/aromatic N) is 2. The quantitative estimate of drug-likeness (QED) is 0.520. The molecule has 0 saturated carbocycles. The SMILES string of the molecule is COc1ccc(/C=N/Nc2nc(-c3ccc(C)cc3)cs2)cc1OC. The first-order valence-electron chi connectivity index (χ1n) is 7.73. The molecule has 0 aliphatic heterocycles. The van der Waals surface area contributed by atoms with Gasteiger partial charge in [0, 0.05) is 10.9 Å². The first-order valence-corrected chi connectivity index (χ1v) is 8.61. The molecule has 3 aromatic rings. The fourth-order valence-electron chi connectivity index (χ4n) is 2.28. The molecule has 0 fully saturated rings. The van der Waals surface area contributed by atoms with E-state index in [4.69, 9.17) is 9.47 Å². The van der Waals surface area contributed by atoms with E-state index in [1.54, 1.807) is 20.4 Å². The Bertz CT molecular complexity index is 873. The van der Waals surface area contributed by atoms with Crippen molar-refractivity contribution in [1.82, 2.24) is 4.98 Å². The first-order chi connectivity index (χ1) is 12.2. The molecule has 2 aromatic carbocycles. The zero-order valence-electron chi connectivity index (χ0n) is 14.3. The third-order valence-corrected chi connectivity index (χ3v) is 4.38. The minimum Gasteiger partial charge on any atom is -0.493 e. The zero-order chi connectivity index (χ0) is 17.6. The van der Waals surface area contributed by atoms with E-state index in [0.717, 1.165) is 22.0 Å². The molecule has 0 aliphatic carbocycles. The summed E-state index contributed by atoms with van der Waals surface area (Å²) in [5.74, 6) is 1.36. The highest BCUT2D eigenvalue weighted by molar-refractivity contribution is 7.14. The lowest BCUT2D eigenvalue weighted by molar-refractivity contribution is 0.355. The summed E-state index contributed by atoms with van der Waals surface area (Å²) in [6.07, 6.45) is 1.72. The molecule has 128 valence electrons. The van der Waals surface area contributed by atoms with Crippen molar-refractivity contribution in [3.63, 3.8) is 0 Å². The van der Waals surface area contributed by atoms with Gasteiger partial charge in [0.25, 0.3) is 0 Å². The first kappa shape index (κ1) is 17.0. The number of nitrogens with one attached hydrogen (secondary N) is 1. The van der Waals surface area contributed by atoms with E-state index in [-0.39, 0.29) is 0 Å². The Balaban J connectivity index is 1.67. The van der Waals surface area contributed by atoms with Gasteiger partial charge >= 0.3 is 0 Å². The summed E-state index contributed by atoms with van der Waals surface area (Å²) >= 11 is 1.52. The van der Waals surface area contributed by atoms with Gasteiger partial charge in [-0.05, 0) is 30.7 Å². The maximum absolute atomic E-state index is 5.28. The van der Waals surface area contributed by atoms with E-state index in [1.165, 1.54) is 16.9 Å². The average molecular weight is 353 g/mol. The highest BCUT2D eigenvalue weighted by atomic mass is 32.1. The number of hydrazone groups is 1. The Morgan fingerprint density at radius 1 is 1.04 bits per heavy atom. The second kappa shape index (κ2) is 7.81. The van der Waals surface area contributed by atoms with Crippen molar-refractivity contribution < 1.29 is 9.47 Å². The van der Waals surface area contributed by atoms with Gasteiger partial charge in [0.2, 0.25) is 5.13 Å². The van der Waals surface area contributed by atoms with Gasteiger partial charge in [0.1, 0.15) is 0 Å². The fraction of sp³-hybridized carbons (Fsp3) is 0.158. The van der Waals surface area contributed by atoms with Crippen LogP contribution >= 0.6 is 11.3 Å². The van der Waals surface area contributed by atoms with Crippen LogP contribution in [0.1, 0.15) is 11.1 Å². The van der Waals surface area contributed by atoms with Gasteiger partial charge in [0.15, 0.2) is 11.5 Å². The summed E-state index contributed by atoms with van der Waals surface area (Å²) in [5.41, 5.74) is 7.14. The van der Waals surface area contributed by atoms with E-state index in [0.29, 0.717) is 11.5 Å². The molecule has 1 heterocycles. The molecule has 0 amide bonds. The number of hydrogen-bond donors (Lipinski definition) is 1. The molecule has 1 aromatic heterocycles. The van der Waals surface area contributed by atoms with Crippen molar-refractivity contribution in [2.24, 2.45) is 5.10 Å². The Kier molecular flexibility index (Phi) is 5.30. The van der Waals surface area contributed by atoms with Crippen molar-refractivity contribution in [2.45, 2.75) is 6.92 Å². The normalized spacial score (nSPS) is 10.8. The van der Waals surface area contributed by atoms with E-state index in [2.05, 4.69) is 46.7 Å². The number of aryl methyl sites for hydroxylation is 1. The van der Waals surface area contributed by atoms with E-state index < -0.39 is 0 Å². The number of hydrogen-bond acceptors (Lipinski definition) is 6. The van der Waals surface area contributed by atoms with Crippen molar-refractivity contribution >= 4 is 22.7 Å². The van der Waals surface area contributed by atoms with Crippen LogP contribution in [0, 0.1) is 6.92 Å². The van der Waals surface area contributed by atoms with E-state index in [9.17, 15) is 0 Å². The molecular formula is C19H19N3O2S. The number of methoxy groups -OCH3 is 2. The summed E-state index contributed by atoms with van der Waals surface area (Å²) in [7, 11) is 3.22. The summed E-state index contributed by atoms with van der Waals surface area (Å²) < 4.78 is 10.5. The van der Waals surface area contributed by atoms with Gasteiger partial charge in [-0.2, -0.15) is 5.10 Å². The minimum absolute atomic E-state index is 0.669. The molecule has 6 heteroatoms. The number of aromatic nitrogens is 1. The van der Waals surface area contributed by atoms with Crippen LogP contribution in [0.5, 0.6) is 11.5 Å². The molecule has 0 unspecified atom stereocenters. The van der Waals surface area contributed by atoms with Gasteiger partial charge in [-0.25, -0.2) is 4.98 Å². The molecule has 0 atom stereocenters. The van der Waals surface area contributed by atoms with Crippen molar-refractivity contribution in [3.05, 3.63) is 59.0 Å². The lowest BCUT2D eigenvalue weighted by Crippen LogP contribution is -1.94. The zero-order valence-corrected chi connectivity index (χ0v) is 15.1. The maximum atomic E-state index is 5.28. The van der Waals surface area contributed by atoms with Crippen LogP contribution in [-0.2, 0) is 0 Å². The maximum Gasteiger partial charge on any atom is 0.203 e. The van der Waals surface area contributed by atoms with Crippen LogP contribution in [0.2, 0.25) is 0 Å². The molecular weight excluding hydrogens is 334 g/mol. The van der Waals surface area contributed by atoms with Crippen LogP contribution in [0.15, 0.2) is 52.9 Å². The fourth-order valence-corrected chi connectivity index (χ4v) is 2.95. The standard InChI is InChI=1S/C19H19N3O2S/c1-13-4-7-15(8-5-13)16-12-25-19(21-16)22-20-11-14-6-9-17(23-2)18(10-14)24-3/h4-12H,1-3H3,(H,21,22)/b20-11+. The van der Waals surface area contributed by atoms with Gasteiger partial charge in [-0.15, -0.1) is 11.3 Å². The van der Waals surface area contributed by atoms with Gasteiger partial charge in [-0.1, -0.05) is 29.8 Å². The van der Waals surface area contributed by atoms with Crippen LogP contribution in [0.4, 0.5) is 5.13 Å². The third kappa shape index (κ3) is 4.16. The lowest BCUT2D eigenvalue weighted by Gasteiger charge is -2.07. The van der Waals surface area contributed by atoms with E-state index >= 15 is 0 Å². The van der Waals surface area contributed by atoms with Crippen LogP contribution in [-0.4, -0.2) is 25.4 Å². The number of benzene rings is 2. The number of ether oxygens (including phenoxy) is 2. The summed E-state index contributed by atoms with van der Waals surface area (Å²) in [6, 6.07) is 13.9. The molecule has 0 aliphatic rings. The number of rotatable bonds is 6. The number of thiazole rings is 1. The molecule has 0 spiro atoms. The molecule has 25 heavy (non-hydrogen) atoms. The predicted molar refractivity (Wildman–Crippen MR) is 103 cm³/mol. The monoisotopic (exact) mass is 353 g/mol. The molecule has 0 radical (unpaired) electrons. The highest BCUT2D eigenvalue weighted by Gasteiger charge is 2.05. The van der Waals surface area contributed by atoms with Crippen LogP contribution in [0.25, 0.3) is 11.3 Å². The molecule has 0 bridgehead atoms. The third-order valence-electron chi connectivity index (χ3n) is 3.63. The second-order valence-corrected chi connectivity index (χ2v) is 6.25. The van der Waals surface area contributed by atoms with Gasteiger partial charge in [-0.3, -0.25) is 5.43 Å². The Morgan fingerprint density at radius 2 is 1.80 bits per heavy atom. The Hall–Kier alpha value is -2.86. The lowest BCUT2D eigenvalue weighted by atomic mass is 10.1. The van der Waals surface area contributed by atoms with Crippen molar-refractivity contribution in [2.75, 3.05) is 19.6 Å². The van der Waals surface area contributed by atoms with Crippen LogP contribution in [0.3, 0.4) is 0 Å². The average Bonchev–Trinajstić information content (AvgIpc) is 3.11. The summed E-state index contributed by atoms with van der Waals surface area (Å²) in [6.45, 7) is 2.07. The van der Waals surface area contributed by atoms with Gasteiger partial charge in [0.05, 0.1) is 26.1 Å². The summed E-state index contributed by atoms with van der Waals surface area (Å²) in [4.78, 5) is 4.55. The number of anilines is 1. The molecule has 0 saturated heterocycles. The largest absolute Gasteiger partial charge is 0.493 e. The Morgan fingerprint density at radius 3 is 2.52 bits per heavy atom. The predicted octanol–water partition coefficient (Wildman–Crippen LogP) is 4.58. The minimum atomic E-state index is 0.669. The molecule has 5 nitrogen and oxygen atoms in total. The van der Waals surface area contributed by atoms with Crippen molar-refractivity contribution in [1.29, 1.82) is 0 Å². The Labute approximate surface area is 151 Å². The van der Waals surface area contributed by atoms with Crippen molar-refractivity contribution in [3.8, 4) is 22.8 Å². The molecule has 1 N–H and O–H groups in total. The topological polar surface area (TPSA) is 55.7 Å². The highest BCUT2D eigenvalue weighted by Crippen LogP contribution is 2.27. The second-order valence-electron chi connectivity index (χ2n) is 5.39. The van der Waals surface area contributed by atoms with E-state index in [1.807, 2.05) is 23.6 Å². The van der Waals surface area contributed by atoms with Crippen LogP contribution < -0.4 is 14.9 Å². The van der Waals surface area contributed by atoms with Gasteiger partial charge < -0.3 is 9.47 Å². The smallest absolute Gasteiger partial charge is 0.203 e.